The molecule has 48 heavy (non-hydrogen) atoms. The minimum Gasteiger partial charge on any atom is -0.460 e. The number of hydrogen-bond donors (Lipinski definition) is 2. The average molecular weight is 785 g/mol. The average Bonchev–Trinajstić information content (AvgIpc) is 3.58. The Kier molecular flexibility index (Phi) is 12.2. The molecule has 12 heteroatoms. The fourth-order valence-electron chi connectivity index (χ4n) is 7.68. The number of carbonyl (C=O) groups is 3. The highest BCUT2D eigenvalue weighted by Gasteiger charge is 2.76. The normalized spacial score (nSPS) is 29.6. The summed E-state index contributed by atoms with van der Waals surface area (Å²) in [5, 5.41) is 14.9. The summed E-state index contributed by atoms with van der Waals surface area (Å²) in [6.45, 7) is 9.56. The van der Waals surface area contributed by atoms with Gasteiger partial charge in [0, 0.05) is 29.3 Å². The van der Waals surface area contributed by atoms with Crippen LogP contribution >= 0.6 is 22.6 Å². The Balaban J connectivity index is 1.46. The van der Waals surface area contributed by atoms with Crippen molar-refractivity contribution in [2.45, 2.75) is 160 Å². The highest BCUT2D eigenvalue weighted by atomic mass is 127. The van der Waals surface area contributed by atoms with Gasteiger partial charge in [-0.25, -0.2) is 0 Å². The number of fused-ring (bicyclic) bond motifs is 4. The molecule has 1 amide bonds. The number of halogens is 1. The van der Waals surface area contributed by atoms with Gasteiger partial charge in [0.2, 0.25) is 5.91 Å². The van der Waals surface area contributed by atoms with E-state index in [0.717, 1.165) is 47.7 Å². The van der Waals surface area contributed by atoms with E-state index in [1.54, 1.807) is 25.8 Å². The summed E-state index contributed by atoms with van der Waals surface area (Å²) in [5.74, 6) is -2.24. The Morgan fingerprint density at radius 3 is 2.31 bits per heavy atom. The predicted octanol–water partition coefficient (Wildman–Crippen LogP) is 5.33. The van der Waals surface area contributed by atoms with Crippen molar-refractivity contribution in [2.75, 3.05) is 6.61 Å². The fourth-order valence-corrected chi connectivity index (χ4v) is 8.04. The SMILES string of the molecule is CCCCCC1(CCCCC)O[C@@H]2[C@H](O1)[C@H]1ON(Cc3ccc(I)cc3)[C@H]3C(=O)O[C@@H]2C[C@@]13C(=O)N[C@H](CO)CCC(=O)OC(C)(C)C. The van der Waals surface area contributed by atoms with Crippen LogP contribution in [-0.4, -0.2) is 82.5 Å². The lowest BCUT2D eigenvalue weighted by Gasteiger charge is -2.49. The molecular weight excluding hydrogens is 731 g/mol. The van der Waals surface area contributed by atoms with Gasteiger partial charge in [0.25, 0.3) is 0 Å². The van der Waals surface area contributed by atoms with Gasteiger partial charge in [0.05, 0.1) is 19.2 Å². The van der Waals surface area contributed by atoms with Crippen molar-refractivity contribution in [3.63, 3.8) is 0 Å². The number of unbranched alkanes of at least 4 members (excludes halogenated alkanes) is 4. The first kappa shape index (κ1) is 37.4. The van der Waals surface area contributed by atoms with Crippen LogP contribution in [0.4, 0.5) is 0 Å². The molecular formula is C36H53IN2O9. The number of carbonyl (C=O) groups excluding carboxylic acids is 3. The highest BCUT2D eigenvalue weighted by molar-refractivity contribution is 14.1. The maximum atomic E-state index is 14.6. The van der Waals surface area contributed by atoms with Crippen LogP contribution in [0.3, 0.4) is 0 Å². The molecule has 3 heterocycles. The summed E-state index contributed by atoms with van der Waals surface area (Å²) < 4.78 is 26.4. The molecule has 268 valence electrons. The first-order valence-electron chi connectivity index (χ1n) is 17.7. The van der Waals surface area contributed by atoms with Gasteiger partial charge < -0.3 is 29.4 Å². The largest absolute Gasteiger partial charge is 0.460 e. The smallest absolute Gasteiger partial charge is 0.327 e. The van der Waals surface area contributed by atoms with E-state index in [-0.39, 0.29) is 32.4 Å². The third kappa shape index (κ3) is 8.04. The van der Waals surface area contributed by atoms with Crippen LogP contribution in [0.15, 0.2) is 24.3 Å². The molecule has 2 bridgehead atoms. The Morgan fingerprint density at radius 1 is 1.06 bits per heavy atom. The zero-order chi connectivity index (χ0) is 34.7. The molecule has 3 saturated heterocycles. The number of hydrogen-bond acceptors (Lipinski definition) is 10. The molecule has 2 N–H and O–H groups in total. The summed E-state index contributed by atoms with van der Waals surface area (Å²) in [4.78, 5) is 47.8. The van der Waals surface area contributed by atoms with Crippen LogP contribution in [0.25, 0.3) is 0 Å². The van der Waals surface area contributed by atoms with E-state index in [1.165, 1.54) is 0 Å². The van der Waals surface area contributed by atoms with E-state index >= 15 is 0 Å². The van der Waals surface area contributed by atoms with Crippen molar-refractivity contribution < 1.29 is 43.3 Å². The third-order valence-corrected chi connectivity index (χ3v) is 10.6. The second-order valence-corrected chi connectivity index (χ2v) is 16.1. The minimum atomic E-state index is -1.37. The van der Waals surface area contributed by atoms with Gasteiger partial charge in [-0.1, -0.05) is 51.7 Å². The number of aliphatic hydroxyl groups excluding tert-OH is 1. The van der Waals surface area contributed by atoms with Crippen molar-refractivity contribution in [2.24, 2.45) is 5.41 Å². The molecule has 0 aromatic heterocycles. The van der Waals surface area contributed by atoms with Crippen LogP contribution < -0.4 is 5.32 Å². The maximum absolute atomic E-state index is 14.6. The first-order valence-corrected chi connectivity index (χ1v) is 18.8. The van der Waals surface area contributed by atoms with Crippen molar-refractivity contribution >= 4 is 40.4 Å². The van der Waals surface area contributed by atoms with Gasteiger partial charge in [-0.3, -0.25) is 19.2 Å². The number of aliphatic hydroxyl groups is 1. The van der Waals surface area contributed by atoms with E-state index in [0.29, 0.717) is 12.8 Å². The third-order valence-electron chi connectivity index (χ3n) is 9.92. The van der Waals surface area contributed by atoms with Crippen molar-refractivity contribution in [1.29, 1.82) is 0 Å². The number of rotatable bonds is 16. The monoisotopic (exact) mass is 784 g/mol. The molecule has 5 rings (SSSR count). The lowest BCUT2D eigenvalue weighted by molar-refractivity contribution is -0.224. The Hall–Kier alpha value is -1.84. The van der Waals surface area contributed by atoms with Gasteiger partial charge in [-0.15, -0.1) is 0 Å². The van der Waals surface area contributed by atoms with E-state index in [1.807, 2.05) is 24.3 Å². The van der Waals surface area contributed by atoms with Gasteiger partial charge in [-0.2, -0.15) is 5.06 Å². The van der Waals surface area contributed by atoms with E-state index in [9.17, 15) is 19.5 Å². The first-order chi connectivity index (χ1) is 22.8. The van der Waals surface area contributed by atoms with Gasteiger partial charge in [-0.05, 0) is 80.3 Å². The zero-order valence-corrected chi connectivity index (χ0v) is 31.2. The number of benzene rings is 1. The highest BCUT2D eigenvalue weighted by Crippen LogP contribution is 2.58. The summed E-state index contributed by atoms with van der Waals surface area (Å²) in [7, 11) is 0. The molecule has 1 saturated carbocycles. The van der Waals surface area contributed by atoms with Crippen LogP contribution in [-0.2, 0) is 44.7 Å². The second-order valence-electron chi connectivity index (χ2n) is 14.8. The topological polar surface area (TPSA) is 133 Å². The summed E-state index contributed by atoms with van der Waals surface area (Å²) in [6, 6.07) is 6.14. The molecule has 7 atom stereocenters. The molecule has 0 spiro atoms. The molecule has 4 fully saturated rings. The Labute approximate surface area is 298 Å². The molecule has 1 aromatic carbocycles. The van der Waals surface area contributed by atoms with Crippen LogP contribution in [0, 0.1) is 8.99 Å². The Morgan fingerprint density at radius 2 is 1.71 bits per heavy atom. The molecule has 11 nitrogen and oxygen atoms in total. The van der Waals surface area contributed by atoms with Gasteiger partial charge in [0.1, 0.15) is 35.4 Å². The quantitative estimate of drug-likeness (QED) is 0.129. The maximum Gasteiger partial charge on any atom is 0.327 e. The van der Waals surface area contributed by atoms with E-state index < -0.39 is 71.1 Å². The minimum absolute atomic E-state index is 0.0163. The van der Waals surface area contributed by atoms with E-state index in [2.05, 4.69) is 41.8 Å². The number of amides is 1. The molecule has 0 unspecified atom stereocenters. The molecule has 1 aromatic rings. The van der Waals surface area contributed by atoms with Crippen molar-refractivity contribution in [3.05, 3.63) is 33.4 Å². The van der Waals surface area contributed by atoms with Crippen LogP contribution in [0.2, 0.25) is 0 Å². The number of hydroxylamine groups is 2. The van der Waals surface area contributed by atoms with Crippen LogP contribution in [0.1, 0.15) is 111 Å². The van der Waals surface area contributed by atoms with Crippen molar-refractivity contribution in [1.82, 2.24) is 10.4 Å². The number of ether oxygens (including phenoxy) is 4. The molecule has 4 aliphatic rings. The fraction of sp³-hybridized carbons (Fsp3) is 0.750. The van der Waals surface area contributed by atoms with E-state index in [4.69, 9.17) is 23.8 Å². The number of nitrogens with one attached hydrogen (secondary N) is 1. The zero-order valence-electron chi connectivity index (χ0n) is 29.0. The number of nitrogens with zero attached hydrogens (tertiary/aromatic N) is 1. The van der Waals surface area contributed by atoms with Crippen molar-refractivity contribution in [3.8, 4) is 0 Å². The molecule has 3 aliphatic heterocycles. The molecule has 1 aliphatic carbocycles. The molecule has 0 radical (unpaired) electrons. The van der Waals surface area contributed by atoms with Crippen LogP contribution in [0.5, 0.6) is 0 Å². The standard InChI is InChI=1S/C36H53IN2O9/c1-6-8-10-18-35(19-11-9-7-2)46-28-26-20-36(33(43)38-25(22-40)16-17-27(41)45-34(3,4)5)30(32(42)44-26)39(48-31(36)29(28)47-35)21-23-12-14-24(37)15-13-23/h12-15,25-26,28-31,40H,6-11,16-22H2,1-5H3,(H,38,43)/t25-,26+,28-,29-,30-,31+,36-/m0/s1. The lowest BCUT2D eigenvalue weighted by Crippen LogP contribution is -2.70. The Bertz CT molecular complexity index is 1280. The predicted molar refractivity (Wildman–Crippen MR) is 185 cm³/mol. The second kappa shape index (κ2) is 15.6. The summed E-state index contributed by atoms with van der Waals surface area (Å²) >= 11 is 2.24. The number of esters is 2. The summed E-state index contributed by atoms with van der Waals surface area (Å²) in [5.41, 5.74) is -1.10. The lowest BCUT2D eigenvalue weighted by atomic mass is 9.62. The van der Waals surface area contributed by atoms with Gasteiger partial charge >= 0.3 is 11.9 Å². The van der Waals surface area contributed by atoms with Gasteiger partial charge in [0.15, 0.2) is 11.8 Å². The summed E-state index contributed by atoms with van der Waals surface area (Å²) in [6.07, 6.45) is 5.10.